The van der Waals surface area contributed by atoms with Gasteiger partial charge in [-0.15, -0.1) is 0 Å². The minimum Gasteiger partial charge on any atom is -0.487 e. The molecule has 0 radical (unpaired) electrons. The smallest absolute Gasteiger partial charge is 0.243 e. The maximum atomic E-state index is 10.9. The van der Waals surface area contributed by atoms with E-state index < -0.39 is 0 Å². The van der Waals surface area contributed by atoms with E-state index in [4.69, 9.17) is 4.74 Å². The van der Waals surface area contributed by atoms with E-state index in [0.29, 0.717) is 0 Å². The summed E-state index contributed by atoms with van der Waals surface area (Å²) in [6.45, 7) is 4.31. The summed E-state index contributed by atoms with van der Waals surface area (Å²) in [5, 5.41) is 2.73. The van der Waals surface area contributed by atoms with Crippen molar-refractivity contribution in [2.45, 2.75) is 26.5 Å². The highest BCUT2D eigenvalue weighted by Gasteiger charge is 2.09. The van der Waals surface area contributed by atoms with E-state index in [1.807, 2.05) is 61.5 Å². The highest BCUT2D eigenvalue weighted by atomic mass is 16.5. The van der Waals surface area contributed by atoms with E-state index in [1.54, 1.807) is 0 Å². The van der Waals surface area contributed by atoms with Crippen LogP contribution in [0.2, 0.25) is 0 Å². The first-order chi connectivity index (χ1) is 9.52. The number of carbonyl (C=O) groups is 1. The molecule has 2 aromatic rings. The van der Waals surface area contributed by atoms with Crippen LogP contribution in [-0.4, -0.2) is 16.6 Å². The van der Waals surface area contributed by atoms with Crippen molar-refractivity contribution in [2.24, 2.45) is 7.05 Å². The van der Waals surface area contributed by atoms with Crippen LogP contribution >= 0.6 is 0 Å². The number of carbonyl (C=O) groups excluding carboxylic acids is 1. The molecule has 0 saturated heterocycles. The Kier molecular flexibility index (Phi) is 4.40. The predicted molar refractivity (Wildman–Crippen MR) is 76.4 cm³/mol. The number of nitrogens with zero attached hydrogens (tertiary/aromatic N) is 2. The quantitative estimate of drug-likeness (QED) is 0.844. The van der Waals surface area contributed by atoms with Crippen LogP contribution in [0.15, 0.2) is 43.0 Å². The van der Waals surface area contributed by atoms with Crippen LogP contribution in [-0.2, 0) is 18.4 Å². The Labute approximate surface area is 118 Å². The summed E-state index contributed by atoms with van der Waals surface area (Å²) >= 11 is 0. The number of rotatable bonds is 5. The van der Waals surface area contributed by atoms with Gasteiger partial charge in [0.2, 0.25) is 12.2 Å². The average Bonchev–Trinajstić information content (AvgIpc) is 2.76. The van der Waals surface area contributed by atoms with Gasteiger partial charge in [-0.05, 0) is 31.2 Å². The van der Waals surface area contributed by atoms with Crippen molar-refractivity contribution in [2.75, 3.05) is 5.32 Å². The zero-order chi connectivity index (χ0) is 14.5. The maximum Gasteiger partial charge on any atom is 0.243 e. The Morgan fingerprint density at radius 3 is 2.65 bits per heavy atom. The number of hydrogen-bond acceptors (Lipinski definition) is 2. The topological polar surface area (TPSA) is 47.1 Å². The number of amides is 1. The first-order valence-corrected chi connectivity index (χ1v) is 6.58. The molecule has 0 aliphatic carbocycles. The molecule has 1 atom stereocenters. The molecule has 0 spiro atoms. The normalized spacial score (nSPS) is 11.9. The number of nitrogens with one attached hydrogen (secondary N) is 1. The van der Waals surface area contributed by atoms with E-state index in [0.717, 1.165) is 18.0 Å². The molecule has 0 aliphatic heterocycles. The number of hydrogen-bond donors (Lipinski definition) is 1. The second kappa shape index (κ2) is 6.23. The molecule has 1 heterocycles. The van der Waals surface area contributed by atoms with Crippen LogP contribution in [0.3, 0.4) is 0 Å². The first kappa shape index (κ1) is 14.1. The van der Waals surface area contributed by atoms with Crippen LogP contribution in [0.25, 0.3) is 0 Å². The second-order valence-electron chi connectivity index (χ2n) is 4.91. The zero-order valence-corrected chi connectivity index (χ0v) is 12.0. The molecule has 5 heteroatoms. The van der Waals surface area contributed by atoms with Gasteiger partial charge >= 0.3 is 0 Å². The zero-order valence-electron chi connectivity index (χ0n) is 12.0. The minimum atomic E-state index is -0.0764. The van der Waals surface area contributed by atoms with Gasteiger partial charge in [0.1, 0.15) is 30.8 Å². The van der Waals surface area contributed by atoms with Gasteiger partial charge in [0.05, 0.1) is 7.05 Å². The fourth-order valence-corrected chi connectivity index (χ4v) is 2.00. The second-order valence-corrected chi connectivity index (χ2v) is 4.91. The number of ether oxygens (including phenoxy) is 1. The Morgan fingerprint density at radius 2 is 2.10 bits per heavy atom. The lowest BCUT2D eigenvalue weighted by molar-refractivity contribution is -0.671. The molecule has 1 unspecified atom stereocenters. The van der Waals surface area contributed by atoms with Crippen molar-refractivity contribution >= 4 is 11.6 Å². The van der Waals surface area contributed by atoms with Crippen molar-refractivity contribution in [1.29, 1.82) is 0 Å². The molecule has 1 aromatic heterocycles. The molecule has 1 amide bonds. The Bertz CT molecular complexity index is 575. The van der Waals surface area contributed by atoms with Crippen LogP contribution in [0.4, 0.5) is 5.69 Å². The summed E-state index contributed by atoms with van der Waals surface area (Å²) in [6.07, 6.45) is 6.09. The van der Waals surface area contributed by atoms with Crippen LogP contribution in [0.1, 0.15) is 13.8 Å². The van der Waals surface area contributed by atoms with E-state index in [1.165, 1.54) is 6.92 Å². The molecule has 0 saturated carbocycles. The summed E-state index contributed by atoms with van der Waals surface area (Å²) in [6, 6.07) is 7.38. The number of aryl methyl sites for hydroxylation is 1. The van der Waals surface area contributed by atoms with Gasteiger partial charge in [-0.1, -0.05) is 0 Å². The molecule has 0 aliphatic rings. The molecule has 1 aromatic carbocycles. The molecule has 2 rings (SSSR count). The summed E-state index contributed by atoms with van der Waals surface area (Å²) in [5.74, 6) is 0.718. The standard InChI is InChI=1S/C15H19N3O2/c1-12(10-18-9-8-17(3)11-18)20-15-6-4-14(5-7-15)16-13(2)19/h4-9,11-12H,10H2,1-3H3/p+1. The summed E-state index contributed by atoms with van der Waals surface area (Å²) in [7, 11) is 1.99. The highest BCUT2D eigenvalue weighted by molar-refractivity contribution is 5.88. The van der Waals surface area contributed by atoms with Crippen molar-refractivity contribution < 1.29 is 14.1 Å². The first-order valence-electron chi connectivity index (χ1n) is 6.58. The van der Waals surface area contributed by atoms with Crippen molar-refractivity contribution in [3.8, 4) is 5.75 Å². The molecule has 1 N–H and O–H groups in total. The van der Waals surface area contributed by atoms with Crippen molar-refractivity contribution in [1.82, 2.24) is 4.57 Å². The molecule has 5 nitrogen and oxygen atoms in total. The third-order valence-corrected chi connectivity index (χ3v) is 2.80. The van der Waals surface area contributed by atoms with Crippen molar-refractivity contribution in [3.05, 3.63) is 43.0 Å². The third kappa shape index (κ3) is 4.12. The Morgan fingerprint density at radius 1 is 1.40 bits per heavy atom. The SMILES string of the molecule is CC(=O)Nc1ccc(OC(C)Cn2cc[n+](C)c2)cc1. The highest BCUT2D eigenvalue weighted by Crippen LogP contribution is 2.17. The van der Waals surface area contributed by atoms with Gasteiger partial charge in [-0.2, -0.15) is 0 Å². The molecule has 20 heavy (non-hydrogen) atoms. The predicted octanol–water partition coefficient (Wildman–Crippen LogP) is 1.74. The number of benzene rings is 1. The van der Waals surface area contributed by atoms with Gasteiger partial charge in [0.15, 0.2) is 0 Å². The number of anilines is 1. The lowest BCUT2D eigenvalue weighted by Crippen LogP contribution is -2.25. The lowest BCUT2D eigenvalue weighted by atomic mass is 10.3. The van der Waals surface area contributed by atoms with E-state index in [-0.39, 0.29) is 12.0 Å². The lowest BCUT2D eigenvalue weighted by Gasteiger charge is -2.13. The summed E-state index contributed by atoms with van der Waals surface area (Å²) < 4.78 is 9.92. The average molecular weight is 274 g/mol. The summed E-state index contributed by atoms with van der Waals surface area (Å²) in [4.78, 5) is 10.9. The number of aromatic nitrogens is 2. The van der Waals surface area contributed by atoms with Gasteiger partial charge < -0.3 is 10.1 Å². The Hall–Kier alpha value is -2.30. The molecular formula is C15H20N3O2+. The maximum absolute atomic E-state index is 10.9. The fourth-order valence-electron chi connectivity index (χ4n) is 2.00. The van der Waals surface area contributed by atoms with Crippen LogP contribution in [0.5, 0.6) is 5.75 Å². The molecular weight excluding hydrogens is 254 g/mol. The van der Waals surface area contributed by atoms with Crippen LogP contribution < -0.4 is 14.6 Å². The van der Waals surface area contributed by atoms with E-state index >= 15 is 0 Å². The Balaban J connectivity index is 1.90. The third-order valence-electron chi connectivity index (χ3n) is 2.80. The fraction of sp³-hybridized carbons (Fsp3) is 0.333. The minimum absolute atomic E-state index is 0.0639. The van der Waals surface area contributed by atoms with Gasteiger partial charge in [0.25, 0.3) is 0 Å². The van der Waals surface area contributed by atoms with Crippen molar-refractivity contribution in [3.63, 3.8) is 0 Å². The van der Waals surface area contributed by atoms with Crippen LogP contribution in [0, 0.1) is 0 Å². The van der Waals surface area contributed by atoms with Gasteiger partial charge in [-0.3, -0.25) is 4.79 Å². The van der Waals surface area contributed by atoms with Gasteiger partial charge in [-0.25, -0.2) is 9.13 Å². The van der Waals surface area contributed by atoms with E-state index in [9.17, 15) is 4.79 Å². The molecule has 0 bridgehead atoms. The molecule has 106 valence electrons. The molecule has 0 fully saturated rings. The van der Waals surface area contributed by atoms with Gasteiger partial charge in [0, 0.05) is 12.6 Å². The summed E-state index contributed by atoms with van der Waals surface area (Å²) in [5.41, 5.74) is 0.773. The monoisotopic (exact) mass is 274 g/mol. The number of imidazole rings is 1. The largest absolute Gasteiger partial charge is 0.487 e. The van der Waals surface area contributed by atoms with E-state index in [2.05, 4.69) is 9.88 Å².